The smallest absolute Gasteiger partial charge is 0.263 e. The molecule has 0 aliphatic rings. The van der Waals surface area contributed by atoms with E-state index in [9.17, 15) is 8.78 Å². The zero-order valence-electron chi connectivity index (χ0n) is 7.15. The molecule has 0 saturated heterocycles. The predicted octanol–water partition coefficient (Wildman–Crippen LogP) is 3.00. The van der Waals surface area contributed by atoms with Gasteiger partial charge in [0.05, 0.1) is 0 Å². The van der Waals surface area contributed by atoms with Crippen molar-refractivity contribution in [3.63, 3.8) is 0 Å². The van der Waals surface area contributed by atoms with Gasteiger partial charge < -0.3 is 5.32 Å². The number of hydrogen-bond donors (Lipinski definition) is 1. The molecule has 0 saturated carbocycles. The molecule has 0 atom stereocenters. The summed E-state index contributed by atoms with van der Waals surface area (Å²) in [5, 5.41) is 3.28. The Kier molecular flexibility index (Phi) is 3.63. The highest BCUT2D eigenvalue weighted by atomic mass is 35.5. The fraction of sp³-hybridized carbons (Fsp3) is 0.333. The quantitative estimate of drug-likeness (QED) is 0.800. The van der Waals surface area contributed by atoms with Crippen LogP contribution in [-0.2, 0) is 6.54 Å². The Hall–Kier alpha value is -0.670. The van der Waals surface area contributed by atoms with E-state index in [2.05, 4.69) is 5.32 Å². The second-order valence-corrected chi connectivity index (χ2v) is 3.09. The lowest BCUT2D eigenvalue weighted by molar-refractivity contribution is 0.151. The Morgan fingerprint density at radius 1 is 1.46 bits per heavy atom. The molecule has 0 aromatic heterocycles. The van der Waals surface area contributed by atoms with E-state index in [1.165, 1.54) is 12.1 Å². The molecule has 72 valence electrons. The van der Waals surface area contributed by atoms with E-state index in [4.69, 9.17) is 11.6 Å². The van der Waals surface area contributed by atoms with Crippen molar-refractivity contribution in [3.8, 4) is 0 Å². The lowest BCUT2D eigenvalue weighted by Crippen LogP contribution is -2.05. The van der Waals surface area contributed by atoms with Crippen LogP contribution in [0.25, 0.3) is 0 Å². The van der Waals surface area contributed by atoms with Crippen LogP contribution in [0.5, 0.6) is 0 Å². The highest BCUT2D eigenvalue weighted by molar-refractivity contribution is 6.31. The second-order valence-electron chi connectivity index (χ2n) is 2.68. The first-order chi connectivity index (χ1) is 6.15. The van der Waals surface area contributed by atoms with Crippen molar-refractivity contribution in [2.45, 2.75) is 13.0 Å². The second kappa shape index (κ2) is 4.53. The molecule has 1 aromatic carbocycles. The fourth-order valence-corrected chi connectivity index (χ4v) is 1.29. The van der Waals surface area contributed by atoms with E-state index in [0.29, 0.717) is 11.6 Å². The van der Waals surface area contributed by atoms with Crippen LogP contribution < -0.4 is 5.32 Å². The first-order valence-corrected chi connectivity index (χ1v) is 4.24. The van der Waals surface area contributed by atoms with Crippen molar-refractivity contribution in [1.82, 2.24) is 5.32 Å². The fourth-order valence-electron chi connectivity index (χ4n) is 1.03. The van der Waals surface area contributed by atoms with Gasteiger partial charge in [-0.25, -0.2) is 8.78 Å². The molecule has 1 rings (SSSR count). The molecule has 0 radical (unpaired) electrons. The maximum atomic E-state index is 12.2. The summed E-state index contributed by atoms with van der Waals surface area (Å²) in [6.07, 6.45) is -2.46. The molecule has 4 heteroatoms. The molecule has 0 heterocycles. The van der Waals surface area contributed by atoms with Crippen LogP contribution in [0, 0.1) is 0 Å². The maximum Gasteiger partial charge on any atom is 0.263 e. The number of rotatable bonds is 3. The van der Waals surface area contributed by atoms with Crippen LogP contribution in [0.15, 0.2) is 18.2 Å². The van der Waals surface area contributed by atoms with Crippen molar-refractivity contribution in [2.24, 2.45) is 0 Å². The van der Waals surface area contributed by atoms with Crippen molar-refractivity contribution in [2.75, 3.05) is 7.05 Å². The first-order valence-electron chi connectivity index (χ1n) is 3.86. The minimum Gasteiger partial charge on any atom is -0.316 e. The lowest BCUT2D eigenvalue weighted by atomic mass is 10.1. The van der Waals surface area contributed by atoms with Crippen LogP contribution >= 0.6 is 11.6 Å². The summed E-state index contributed by atoms with van der Waals surface area (Å²) in [7, 11) is 1.78. The molecular weight excluding hydrogens is 196 g/mol. The Labute approximate surface area is 80.7 Å². The van der Waals surface area contributed by atoms with Crippen molar-refractivity contribution in [1.29, 1.82) is 0 Å². The van der Waals surface area contributed by atoms with E-state index in [-0.39, 0.29) is 5.56 Å². The standard InChI is InChI=1S/C9H10ClF2N/c1-13-5-7-3-2-6(9(11)12)4-8(7)10/h2-4,9,13H,5H2,1H3. The normalized spacial score (nSPS) is 10.8. The first kappa shape index (κ1) is 10.4. The summed E-state index contributed by atoms with van der Waals surface area (Å²) in [5.74, 6) is 0. The van der Waals surface area contributed by atoms with Crippen LogP contribution in [0.4, 0.5) is 8.78 Å². The van der Waals surface area contributed by atoms with Gasteiger partial charge in [0, 0.05) is 17.1 Å². The van der Waals surface area contributed by atoms with E-state index in [1.54, 1.807) is 13.1 Å². The number of halogens is 3. The largest absolute Gasteiger partial charge is 0.316 e. The Morgan fingerprint density at radius 2 is 2.15 bits per heavy atom. The molecule has 0 aliphatic heterocycles. The molecule has 0 amide bonds. The van der Waals surface area contributed by atoms with Gasteiger partial charge >= 0.3 is 0 Å². The zero-order chi connectivity index (χ0) is 9.84. The Balaban J connectivity index is 2.92. The average Bonchev–Trinajstić information content (AvgIpc) is 2.08. The summed E-state index contributed by atoms with van der Waals surface area (Å²) in [4.78, 5) is 0. The molecular formula is C9H10ClF2N. The summed E-state index contributed by atoms with van der Waals surface area (Å²) in [6, 6.07) is 4.31. The van der Waals surface area contributed by atoms with Gasteiger partial charge in [0.1, 0.15) is 0 Å². The third-order valence-electron chi connectivity index (χ3n) is 1.70. The van der Waals surface area contributed by atoms with Crippen LogP contribution in [0.2, 0.25) is 5.02 Å². The van der Waals surface area contributed by atoms with Gasteiger partial charge in [-0.1, -0.05) is 23.7 Å². The van der Waals surface area contributed by atoms with E-state index in [1.807, 2.05) is 0 Å². The minimum absolute atomic E-state index is 0.0372. The monoisotopic (exact) mass is 205 g/mol. The Bertz CT molecular complexity index is 289. The van der Waals surface area contributed by atoms with Crippen molar-refractivity contribution < 1.29 is 8.78 Å². The SMILES string of the molecule is CNCc1ccc(C(F)F)cc1Cl. The molecule has 0 fully saturated rings. The number of alkyl halides is 2. The van der Waals surface area contributed by atoms with Crippen molar-refractivity contribution >= 4 is 11.6 Å². The molecule has 1 nitrogen and oxygen atoms in total. The summed E-state index contributed by atoms with van der Waals surface area (Å²) >= 11 is 5.78. The molecule has 1 N–H and O–H groups in total. The van der Waals surface area contributed by atoms with E-state index >= 15 is 0 Å². The lowest BCUT2D eigenvalue weighted by Gasteiger charge is -2.05. The summed E-state index contributed by atoms with van der Waals surface area (Å²) < 4.78 is 24.4. The van der Waals surface area contributed by atoms with Gasteiger partial charge in [0.25, 0.3) is 6.43 Å². The maximum absolute atomic E-state index is 12.2. The van der Waals surface area contributed by atoms with Gasteiger partial charge in [-0.05, 0) is 18.7 Å². The van der Waals surface area contributed by atoms with Gasteiger partial charge in [0.15, 0.2) is 0 Å². The number of hydrogen-bond acceptors (Lipinski definition) is 1. The minimum atomic E-state index is -2.46. The molecule has 13 heavy (non-hydrogen) atoms. The Morgan fingerprint density at radius 3 is 2.62 bits per heavy atom. The van der Waals surface area contributed by atoms with E-state index in [0.717, 1.165) is 5.56 Å². The molecule has 0 unspecified atom stereocenters. The third kappa shape index (κ3) is 2.64. The average molecular weight is 206 g/mol. The molecule has 1 aromatic rings. The molecule has 0 bridgehead atoms. The van der Waals surface area contributed by atoms with Gasteiger partial charge in [-0.15, -0.1) is 0 Å². The van der Waals surface area contributed by atoms with Gasteiger partial charge in [0.2, 0.25) is 0 Å². The van der Waals surface area contributed by atoms with Gasteiger partial charge in [-0.3, -0.25) is 0 Å². The highest BCUT2D eigenvalue weighted by Gasteiger charge is 2.08. The summed E-state index contributed by atoms with van der Waals surface area (Å²) in [5.41, 5.74) is 0.790. The zero-order valence-corrected chi connectivity index (χ0v) is 7.91. The third-order valence-corrected chi connectivity index (χ3v) is 2.05. The van der Waals surface area contributed by atoms with Crippen LogP contribution in [0.1, 0.15) is 17.6 Å². The van der Waals surface area contributed by atoms with Crippen molar-refractivity contribution in [3.05, 3.63) is 34.3 Å². The molecule has 0 spiro atoms. The van der Waals surface area contributed by atoms with E-state index < -0.39 is 6.43 Å². The van der Waals surface area contributed by atoms with Crippen LogP contribution in [0.3, 0.4) is 0 Å². The number of benzene rings is 1. The predicted molar refractivity (Wildman–Crippen MR) is 49.2 cm³/mol. The topological polar surface area (TPSA) is 12.0 Å². The van der Waals surface area contributed by atoms with Crippen LogP contribution in [-0.4, -0.2) is 7.05 Å². The summed E-state index contributed by atoms with van der Waals surface area (Å²) in [6.45, 7) is 0.586. The number of nitrogens with one attached hydrogen (secondary N) is 1. The van der Waals surface area contributed by atoms with Gasteiger partial charge in [-0.2, -0.15) is 0 Å². The molecule has 0 aliphatic carbocycles. The highest BCUT2D eigenvalue weighted by Crippen LogP contribution is 2.24.